The third kappa shape index (κ3) is 2.64. The molecule has 1 atom stereocenters. The second kappa shape index (κ2) is 5.71. The highest BCUT2D eigenvalue weighted by Crippen LogP contribution is 2.25. The average molecular weight is 296 g/mol. The van der Waals surface area contributed by atoms with E-state index in [0.717, 1.165) is 34.8 Å². The number of rotatable bonds is 4. The Morgan fingerprint density at radius 2 is 2.09 bits per heavy atom. The van der Waals surface area contributed by atoms with Crippen LogP contribution in [0.15, 0.2) is 24.5 Å². The van der Waals surface area contributed by atoms with E-state index in [1.54, 1.807) is 10.9 Å². The van der Waals surface area contributed by atoms with Gasteiger partial charge in [-0.05, 0) is 38.0 Å². The van der Waals surface area contributed by atoms with Crippen LogP contribution in [0.4, 0.5) is 5.82 Å². The zero-order chi connectivity index (χ0) is 15.7. The third-order valence-electron chi connectivity index (χ3n) is 3.72. The van der Waals surface area contributed by atoms with Crippen LogP contribution in [-0.2, 0) is 7.05 Å². The number of fused-ring (bicyclic) bond motifs is 1. The van der Waals surface area contributed by atoms with E-state index in [-0.39, 0.29) is 6.04 Å². The highest BCUT2D eigenvalue weighted by Gasteiger charge is 2.16. The van der Waals surface area contributed by atoms with Crippen molar-refractivity contribution in [2.45, 2.75) is 33.2 Å². The summed E-state index contributed by atoms with van der Waals surface area (Å²) >= 11 is 0. The molecule has 3 heterocycles. The molecule has 0 saturated heterocycles. The molecule has 0 radical (unpaired) electrons. The van der Waals surface area contributed by atoms with Gasteiger partial charge in [0.05, 0.1) is 23.3 Å². The summed E-state index contributed by atoms with van der Waals surface area (Å²) in [6.45, 7) is 6.10. The summed E-state index contributed by atoms with van der Waals surface area (Å²) in [7, 11) is 1.89. The minimum absolute atomic E-state index is 0.109. The van der Waals surface area contributed by atoms with Gasteiger partial charge in [0.15, 0.2) is 5.65 Å². The molecule has 0 aliphatic rings. The quantitative estimate of drug-likeness (QED) is 0.801. The Morgan fingerprint density at radius 1 is 1.27 bits per heavy atom. The Bertz CT molecular complexity index is 808. The molecule has 3 rings (SSSR count). The first-order valence-corrected chi connectivity index (χ1v) is 7.44. The standard InChI is InChI=1S/C16H20N6/c1-5-13(14-8-10(2)6-7-17-14)21-15-12-9-18-22(4)16(12)20-11(3)19-15/h6-9,13H,5H2,1-4H3,(H,19,20,21)/t13-/m1/s1. The molecule has 0 unspecified atom stereocenters. The summed E-state index contributed by atoms with van der Waals surface area (Å²) in [6, 6.07) is 4.22. The predicted molar refractivity (Wildman–Crippen MR) is 86.7 cm³/mol. The van der Waals surface area contributed by atoms with E-state index >= 15 is 0 Å². The first kappa shape index (κ1) is 14.4. The predicted octanol–water partition coefficient (Wildman–Crippen LogP) is 2.94. The zero-order valence-electron chi connectivity index (χ0n) is 13.3. The van der Waals surface area contributed by atoms with Crippen LogP contribution in [0.2, 0.25) is 0 Å². The molecule has 0 amide bonds. The lowest BCUT2D eigenvalue weighted by atomic mass is 10.1. The summed E-state index contributed by atoms with van der Waals surface area (Å²) < 4.78 is 1.76. The van der Waals surface area contributed by atoms with Gasteiger partial charge >= 0.3 is 0 Å². The summed E-state index contributed by atoms with van der Waals surface area (Å²) in [4.78, 5) is 13.5. The molecule has 3 aromatic heterocycles. The van der Waals surface area contributed by atoms with Crippen molar-refractivity contribution in [2.75, 3.05) is 5.32 Å². The van der Waals surface area contributed by atoms with Gasteiger partial charge in [0, 0.05) is 13.2 Å². The SMILES string of the molecule is CC[C@@H](Nc1nc(C)nc2c1cnn2C)c1cc(C)ccn1. The highest BCUT2D eigenvalue weighted by molar-refractivity contribution is 5.86. The lowest BCUT2D eigenvalue weighted by Gasteiger charge is -2.18. The summed E-state index contributed by atoms with van der Waals surface area (Å²) in [5.74, 6) is 1.54. The second-order valence-electron chi connectivity index (χ2n) is 5.49. The topological polar surface area (TPSA) is 68.5 Å². The van der Waals surface area contributed by atoms with Gasteiger partial charge in [0.2, 0.25) is 0 Å². The molecule has 114 valence electrons. The number of hydrogen-bond donors (Lipinski definition) is 1. The summed E-state index contributed by atoms with van der Waals surface area (Å²) in [6.07, 6.45) is 4.56. The van der Waals surface area contributed by atoms with Crippen molar-refractivity contribution in [1.29, 1.82) is 0 Å². The van der Waals surface area contributed by atoms with Gasteiger partial charge in [0.1, 0.15) is 11.6 Å². The molecule has 3 aromatic rings. The monoisotopic (exact) mass is 296 g/mol. The number of pyridine rings is 1. The molecule has 0 saturated carbocycles. The molecule has 0 aromatic carbocycles. The summed E-state index contributed by atoms with van der Waals surface area (Å²) in [5, 5.41) is 8.71. The van der Waals surface area contributed by atoms with E-state index in [0.29, 0.717) is 0 Å². The molecule has 22 heavy (non-hydrogen) atoms. The molecule has 0 aliphatic heterocycles. The number of nitrogens with one attached hydrogen (secondary N) is 1. The Balaban J connectivity index is 2.00. The van der Waals surface area contributed by atoms with E-state index in [1.807, 2.05) is 26.2 Å². The number of aryl methyl sites for hydroxylation is 3. The Hall–Kier alpha value is -2.50. The van der Waals surface area contributed by atoms with Crippen LogP contribution in [0.1, 0.15) is 36.5 Å². The van der Waals surface area contributed by atoms with Crippen molar-refractivity contribution >= 4 is 16.9 Å². The van der Waals surface area contributed by atoms with E-state index in [1.165, 1.54) is 5.56 Å². The van der Waals surface area contributed by atoms with Crippen molar-refractivity contribution in [3.8, 4) is 0 Å². The Labute approximate surface area is 129 Å². The molecule has 0 aliphatic carbocycles. The Kier molecular flexibility index (Phi) is 3.75. The smallest absolute Gasteiger partial charge is 0.163 e. The maximum Gasteiger partial charge on any atom is 0.163 e. The van der Waals surface area contributed by atoms with Crippen LogP contribution in [0, 0.1) is 13.8 Å². The van der Waals surface area contributed by atoms with Crippen molar-refractivity contribution < 1.29 is 0 Å². The normalized spacial score (nSPS) is 12.5. The van der Waals surface area contributed by atoms with Crippen molar-refractivity contribution in [3.05, 3.63) is 41.6 Å². The fraction of sp³-hybridized carbons (Fsp3) is 0.375. The highest BCUT2D eigenvalue weighted by atomic mass is 15.3. The van der Waals surface area contributed by atoms with Crippen molar-refractivity contribution in [1.82, 2.24) is 24.7 Å². The first-order valence-electron chi connectivity index (χ1n) is 7.44. The maximum absolute atomic E-state index is 4.55. The lowest BCUT2D eigenvalue weighted by Crippen LogP contribution is -2.13. The molecular weight excluding hydrogens is 276 g/mol. The van der Waals surface area contributed by atoms with Gasteiger partial charge in [-0.15, -0.1) is 0 Å². The van der Waals surface area contributed by atoms with E-state index in [9.17, 15) is 0 Å². The minimum atomic E-state index is 0.109. The van der Waals surface area contributed by atoms with E-state index < -0.39 is 0 Å². The molecular formula is C16H20N6. The van der Waals surface area contributed by atoms with Gasteiger partial charge in [-0.25, -0.2) is 9.97 Å². The number of hydrogen-bond acceptors (Lipinski definition) is 5. The average Bonchev–Trinajstić information content (AvgIpc) is 2.86. The van der Waals surface area contributed by atoms with Crippen LogP contribution >= 0.6 is 0 Å². The van der Waals surface area contributed by atoms with Crippen LogP contribution in [0.3, 0.4) is 0 Å². The van der Waals surface area contributed by atoms with E-state index in [2.05, 4.69) is 45.3 Å². The number of nitrogens with zero attached hydrogens (tertiary/aromatic N) is 5. The van der Waals surface area contributed by atoms with Crippen LogP contribution in [-0.4, -0.2) is 24.7 Å². The molecule has 1 N–H and O–H groups in total. The van der Waals surface area contributed by atoms with Crippen molar-refractivity contribution in [2.24, 2.45) is 7.05 Å². The fourth-order valence-electron chi connectivity index (χ4n) is 2.54. The van der Waals surface area contributed by atoms with Crippen LogP contribution in [0.25, 0.3) is 11.0 Å². The second-order valence-corrected chi connectivity index (χ2v) is 5.49. The largest absolute Gasteiger partial charge is 0.361 e. The zero-order valence-corrected chi connectivity index (χ0v) is 13.3. The number of anilines is 1. The van der Waals surface area contributed by atoms with Gasteiger partial charge in [0.25, 0.3) is 0 Å². The van der Waals surface area contributed by atoms with Gasteiger partial charge in [-0.2, -0.15) is 5.10 Å². The molecule has 0 spiro atoms. The molecule has 0 bridgehead atoms. The summed E-state index contributed by atoms with van der Waals surface area (Å²) in [5.41, 5.74) is 3.06. The number of aromatic nitrogens is 5. The van der Waals surface area contributed by atoms with Gasteiger partial charge in [-0.1, -0.05) is 6.92 Å². The molecule has 6 nitrogen and oxygen atoms in total. The molecule has 6 heteroatoms. The fourth-order valence-corrected chi connectivity index (χ4v) is 2.54. The minimum Gasteiger partial charge on any atom is -0.361 e. The van der Waals surface area contributed by atoms with Crippen LogP contribution in [0.5, 0.6) is 0 Å². The third-order valence-corrected chi connectivity index (χ3v) is 3.72. The maximum atomic E-state index is 4.55. The van der Waals surface area contributed by atoms with Crippen LogP contribution < -0.4 is 5.32 Å². The van der Waals surface area contributed by atoms with Crippen molar-refractivity contribution in [3.63, 3.8) is 0 Å². The lowest BCUT2D eigenvalue weighted by molar-refractivity contribution is 0.718. The van der Waals surface area contributed by atoms with Gasteiger partial charge in [-0.3, -0.25) is 9.67 Å². The van der Waals surface area contributed by atoms with Gasteiger partial charge < -0.3 is 5.32 Å². The van der Waals surface area contributed by atoms with E-state index in [4.69, 9.17) is 0 Å². The first-order chi connectivity index (χ1) is 10.6. The Morgan fingerprint density at radius 3 is 2.82 bits per heavy atom. The molecule has 0 fully saturated rings.